The number of aromatic nitrogens is 3. The molecule has 2 aromatic heterocycles. The van der Waals surface area contributed by atoms with Gasteiger partial charge in [0.15, 0.2) is 0 Å². The van der Waals surface area contributed by atoms with Crippen molar-refractivity contribution < 1.29 is 20.1 Å². The molecule has 0 bridgehead atoms. The van der Waals surface area contributed by atoms with Crippen LogP contribution in [0.5, 0.6) is 11.5 Å². The number of carbonyl (C=O) groups is 1. The number of H-pyrrole nitrogens is 1. The summed E-state index contributed by atoms with van der Waals surface area (Å²) in [6.45, 7) is 1.60. The number of hydrogen-bond donors (Lipinski definition) is 5. The molecule has 1 aliphatic rings. The standard InChI is InChI=1S/C13H14N4O4/c1-5-12(19)9(8(18)3-14-5)11-10-6(15-4-16-10)2-7(17-11)13(20)21/h3-4,7,11,17-19H,2H2,1H3,(H,15,16)(H,20,21)/t7-,11-/m0/s1. The maximum atomic E-state index is 11.3. The number of nitrogens with zero attached hydrogens (tertiary/aromatic N) is 2. The third kappa shape index (κ3) is 2.09. The summed E-state index contributed by atoms with van der Waals surface area (Å²) in [5.74, 6) is -1.40. The van der Waals surface area contributed by atoms with Crippen LogP contribution in [-0.2, 0) is 11.2 Å². The number of carboxylic acid groups (broad SMARTS) is 1. The van der Waals surface area contributed by atoms with Crippen molar-refractivity contribution in [3.63, 3.8) is 0 Å². The first-order valence-corrected chi connectivity index (χ1v) is 6.37. The van der Waals surface area contributed by atoms with Crippen LogP contribution in [-0.4, -0.2) is 42.3 Å². The number of carboxylic acids is 1. The van der Waals surface area contributed by atoms with E-state index in [9.17, 15) is 20.1 Å². The van der Waals surface area contributed by atoms with E-state index in [1.807, 2.05) is 0 Å². The Morgan fingerprint density at radius 2 is 2.14 bits per heavy atom. The van der Waals surface area contributed by atoms with Crippen LogP contribution in [0.25, 0.3) is 0 Å². The van der Waals surface area contributed by atoms with Crippen LogP contribution >= 0.6 is 0 Å². The van der Waals surface area contributed by atoms with Crippen LogP contribution in [0, 0.1) is 6.92 Å². The average Bonchev–Trinajstić information content (AvgIpc) is 2.91. The quantitative estimate of drug-likeness (QED) is 0.534. The fraction of sp³-hybridized carbons (Fsp3) is 0.308. The summed E-state index contributed by atoms with van der Waals surface area (Å²) in [6.07, 6.45) is 2.95. The fourth-order valence-corrected chi connectivity index (χ4v) is 2.56. The van der Waals surface area contributed by atoms with Gasteiger partial charge in [0.25, 0.3) is 0 Å². The number of rotatable bonds is 2. The van der Waals surface area contributed by atoms with E-state index >= 15 is 0 Å². The molecule has 0 spiro atoms. The number of aryl methyl sites for hydroxylation is 1. The minimum Gasteiger partial charge on any atom is -0.506 e. The minimum absolute atomic E-state index is 0.174. The number of nitrogens with one attached hydrogen (secondary N) is 2. The van der Waals surface area contributed by atoms with Crippen LogP contribution in [0.4, 0.5) is 0 Å². The summed E-state index contributed by atoms with van der Waals surface area (Å²) < 4.78 is 0. The predicted molar refractivity (Wildman–Crippen MR) is 71.0 cm³/mol. The van der Waals surface area contributed by atoms with Gasteiger partial charge in [0.2, 0.25) is 0 Å². The molecule has 0 saturated carbocycles. The topological polar surface area (TPSA) is 131 Å². The number of imidazole rings is 1. The Labute approximate surface area is 119 Å². The highest BCUT2D eigenvalue weighted by molar-refractivity contribution is 5.74. The lowest BCUT2D eigenvalue weighted by atomic mass is 9.93. The zero-order chi connectivity index (χ0) is 15.1. The van der Waals surface area contributed by atoms with E-state index < -0.39 is 18.1 Å². The predicted octanol–water partition coefficient (Wildman–Crippen LogP) is 0.213. The highest BCUT2D eigenvalue weighted by Gasteiger charge is 2.36. The smallest absolute Gasteiger partial charge is 0.321 e. The van der Waals surface area contributed by atoms with Gasteiger partial charge in [0, 0.05) is 12.1 Å². The first-order chi connectivity index (χ1) is 9.99. The number of aliphatic carboxylic acids is 1. The number of aromatic amines is 1. The largest absolute Gasteiger partial charge is 0.506 e. The Morgan fingerprint density at radius 1 is 1.38 bits per heavy atom. The van der Waals surface area contributed by atoms with Crippen LogP contribution in [0.3, 0.4) is 0 Å². The van der Waals surface area contributed by atoms with Gasteiger partial charge in [-0.1, -0.05) is 0 Å². The van der Waals surface area contributed by atoms with Crippen molar-refractivity contribution in [1.29, 1.82) is 0 Å². The molecular weight excluding hydrogens is 276 g/mol. The zero-order valence-electron chi connectivity index (χ0n) is 11.2. The Kier molecular flexibility index (Phi) is 3.02. The van der Waals surface area contributed by atoms with Gasteiger partial charge in [-0.3, -0.25) is 15.1 Å². The highest BCUT2D eigenvalue weighted by atomic mass is 16.4. The summed E-state index contributed by atoms with van der Waals surface area (Å²) >= 11 is 0. The van der Waals surface area contributed by atoms with Crippen molar-refractivity contribution in [2.45, 2.75) is 25.4 Å². The highest BCUT2D eigenvalue weighted by Crippen LogP contribution is 2.39. The molecule has 3 heterocycles. The second kappa shape index (κ2) is 4.74. The molecular formula is C13H14N4O4. The molecule has 0 aliphatic carbocycles. The normalized spacial score (nSPS) is 21.0. The maximum Gasteiger partial charge on any atom is 0.321 e. The summed E-state index contributed by atoms with van der Waals surface area (Å²) in [5, 5.41) is 32.3. The van der Waals surface area contributed by atoms with Crippen molar-refractivity contribution in [2.24, 2.45) is 0 Å². The number of fused-ring (bicyclic) bond motifs is 1. The second-order valence-corrected chi connectivity index (χ2v) is 4.95. The van der Waals surface area contributed by atoms with Gasteiger partial charge in [0.05, 0.1) is 35.5 Å². The molecule has 0 unspecified atom stereocenters. The molecule has 110 valence electrons. The van der Waals surface area contributed by atoms with Gasteiger partial charge in [0.1, 0.15) is 17.5 Å². The lowest BCUT2D eigenvalue weighted by molar-refractivity contribution is -0.139. The SMILES string of the molecule is Cc1ncc(O)c([C@@H]2N[C@H](C(=O)O)Cc3[nH]cnc32)c1O. The number of pyridine rings is 1. The van der Waals surface area contributed by atoms with Gasteiger partial charge in [-0.25, -0.2) is 4.98 Å². The van der Waals surface area contributed by atoms with Crippen molar-refractivity contribution in [3.8, 4) is 11.5 Å². The second-order valence-electron chi connectivity index (χ2n) is 4.95. The molecule has 0 amide bonds. The lowest BCUT2D eigenvalue weighted by Crippen LogP contribution is -2.45. The first kappa shape index (κ1) is 13.4. The fourth-order valence-electron chi connectivity index (χ4n) is 2.56. The van der Waals surface area contributed by atoms with Gasteiger partial charge in [-0.05, 0) is 6.92 Å². The van der Waals surface area contributed by atoms with Crippen molar-refractivity contribution in [1.82, 2.24) is 20.3 Å². The molecule has 5 N–H and O–H groups in total. The molecule has 0 fully saturated rings. The summed E-state index contributed by atoms with van der Waals surface area (Å²) in [5.41, 5.74) is 1.75. The minimum atomic E-state index is -1.01. The van der Waals surface area contributed by atoms with Crippen LogP contribution < -0.4 is 5.32 Å². The van der Waals surface area contributed by atoms with Crippen LogP contribution in [0.15, 0.2) is 12.5 Å². The van der Waals surface area contributed by atoms with E-state index in [4.69, 9.17) is 0 Å². The lowest BCUT2D eigenvalue weighted by Gasteiger charge is -2.29. The molecule has 3 rings (SSSR count). The van der Waals surface area contributed by atoms with E-state index in [2.05, 4.69) is 20.3 Å². The zero-order valence-corrected chi connectivity index (χ0v) is 11.2. The van der Waals surface area contributed by atoms with Crippen molar-refractivity contribution in [3.05, 3.63) is 35.2 Å². The maximum absolute atomic E-state index is 11.3. The molecule has 0 saturated heterocycles. The van der Waals surface area contributed by atoms with Crippen LogP contribution in [0.2, 0.25) is 0 Å². The molecule has 0 radical (unpaired) electrons. The molecule has 8 nitrogen and oxygen atoms in total. The Hall–Kier alpha value is -2.61. The summed E-state index contributed by atoms with van der Waals surface area (Å²) in [7, 11) is 0. The summed E-state index contributed by atoms with van der Waals surface area (Å²) in [4.78, 5) is 22.2. The Morgan fingerprint density at radius 3 is 2.86 bits per heavy atom. The van der Waals surface area contributed by atoms with E-state index in [0.717, 1.165) is 0 Å². The van der Waals surface area contributed by atoms with Crippen molar-refractivity contribution in [2.75, 3.05) is 0 Å². The average molecular weight is 290 g/mol. The van der Waals surface area contributed by atoms with Gasteiger partial charge < -0.3 is 20.3 Å². The molecule has 21 heavy (non-hydrogen) atoms. The molecule has 8 heteroatoms. The third-order valence-corrected chi connectivity index (χ3v) is 3.64. The van der Waals surface area contributed by atoms with E-state index in [1.54, 1.807) is 6.92 Å². The molecule has 2 atom stereocenters. The van der Waals surface area contributed by atoms with E-state index in [0.29, 0.717) is 17.1 Å². The molecule has 0 aromatic carbocycles. The van der Waals surface area contributed by atoms with E-state index in [1.165, 1.54) is 12.5 Å². The molecule has 2 aromatic rings. The van der Waals surface area contributed by atoms with Gasteiger partial charge in [-0.2, -0.15) is 0 Å². The van der Waals surface area contributed by atoms with Crippen molar-refractivity contribution >= 4 is 5.97 Å². The third-order valence-electron chi connectivity index (χ3n) is 3.64. The Bertz CT molecular complexity index is 712. The van der Waals surface area contributed by atoms with E-state index in [-0.39, 0.29) is 23.5 Å². The Balaban J connectivity index is 2.14. The monoisotopic (exact) mass is 290 g/mol. The number of hydrogen-bond acceptors (Lipinski definition) is 6. The van der Waals surface area contributed by atoms with Crippen LogP contribution in [0.1, 0.15) is 28.7 Å². The first-order valence-electron chi connectivity index (χ1n) is 6.37. The van der Waals surface area contributed by atoms with Gasteiger partial charge in [-0.15, -0.1) is 0 Å². The van der Waals surface area contributed by atoms with Gasteiger partial charge >= 0.3 is 5.97 Å². The summed E-state index contributed by atoms with van der Waals surface area (Å²) in [6, 6.07) is -1.56. The molecule has 1 aliphatic heterocycles. The number of aromatic hydroxyl groups is 2.